The molecule has 1 aromatic carbocycles. The van der Waals surface area contributed by atoms with Gasteiger partial charge in [0.05, 0.1) is 6.54 Å². The largest absolute Gasteiger partial charge is 0.448 e. The second-order valence-electron chi connectivity index (χ2n) is 5.94. The molecule has 26 heavy (non-hydrogen) atoms. The molecule has 134 valence electrons. The van der Waals surface area contributed by atoms with Gasteiger partial charge in [-0.1, -0.05) is 6.07 Å². The van der Waals surface area contributed by atoms with Gasteiger partial charge in [-0.3, -0.25) is 9.59 Å². The Morgan fingerprint density at radius 3 is 2.58 bits per heavy atom. The van der Waals surface area contributed by atoms with Gasteiger partial charge in [0.15, 0.2) is 12.1 Å². The third-order valence-corrected chi connectivity index (χ3v) is 4.93. The molecule has 0 spiro atoms. The maximum absolute atomic E-state index is 12.4. The van der Waals surface area contributed by atoms with Crippen LogP contribution in [0.3, 0.4) is 0 Å². The quantitative estimate of drug-likeness (QED) is 0.715. The summed E-state index contributed by atoms with van der Waals surface area (Å²) >= 11 is 1.65. The van der Waals surface area contributed by atoms with Crippen LogP contribution in [-0.2, 0) is 6.54 Å². The minimum absolute atomic E-state index is 0.191. The summed E-state index contributed by atoms with van der Waals surface area (Å²) in [6.07, 6.45) is 1.23. The molecule has 6 nitrogen and oxygen atoms in total. The van der Waals surface area contributed by atoms with Crippen LogP contribution < -0.4 is 10.6 Å². The molecule has 0 bridgehead atoms. The van der Waals surface area contributed by atoms with Crippen LogP contribution in [0.4, 0.5) is 5.69 Å². The van der Waals surface area contributed by atoms with Gasteiger partial charge in [-0.25, -0.2) is 4.98 Å². The van der Waals surface area contributed by atoms with Crippen molar-refractivity contribution in [3.8, 4) is 0 Å². The van der Waals surface area contributed by atoms with E-state index in [1.54, 1.807) is 36.5 Å². The molecule has 0 aliphatic carbocycles. The van der Waals surface area contributed by atoms with E-state index >= 15 is 0 Å². The molecule has 0 aliphatic rings. The fourth-order valence-electron chi connectivity index (χ4n) is 2.45. The fraction of sp³-hybridized carbons (Fsp3) is 0.211. The first kappa shape index (κ1) is 17.9. The molecule has 3 rings (SSSR count). The van der Waals surface area contributed by atoms with Crippen molar-refractivity contribution in [2.24, 2.45) is 0 Å². The van der Waals surface area contributed by atoms with Crippen LogP contribution in [0, 0.1) is 20.8 Å². The lowest BCUT2D eigenvalue weighted by Crippen LogP contribution is -2.23. The fourth-order valence-corrected chi connectivity index (χ4v) is 3.28. The zero-order valence-corrected chi connectivity index (χ0v) is 15.6. The first-order valence-corrected chi connectivity index (χ1v) is 8.91. The van der Waals surface area contributed by atoms with Gasteiger partial charge in [-0.2, -0.15) is 0 Å². The second-order valence-corrected chi connectivity index (χ2v) is 7.31. The third kappa shape index (κ3) is 4.00. The number of nitrogens with one attached hydrogen (secondary N) is 2. The van der Waals surface area contributed by atoms with Crippen LogP contribution in [0.25, 0.3) is 0 Å². The molecule has 3 aromatic rings. The van der Waals surface area contributed by atoms with E-state index in [-0.39, 0.29) is 17.5 Å². The van der Waals surface area contributed by atoms with Crippen LogP contribution in [0.1, 0.15) is 41.9 Å². The highest BCUT2D eigenvalue weighted by Gasteiger charge is 2.16. The van der Waals surface area contributed by atoms with Crippen molar-refractivity contribution in [3.63, 3.8) is 0 Å². The Morgan fingerprint density at radius 2 is 1.92 bits per heavy atom. The predicted octanol–water partition coefficient (Wildman–Crippen LogP) is 3.84. The summed E-state index contributed by atoms with van der Waals surface area (Å²) in [6.45, 7) is 6.04. The first-order valence-electron chi connectivity index (χ1n) is 8.09. The number of hydrogen-bond donors (Lipinski definition) is 2. The number of oxazole rings is 1. The van der Waals surface area contributed by atoms with Gasteiger partial charge >= 0.3 is 0 Å². The molecule has 2 heterocycles. The van der Waals surface area contributed by atoms with E-state index in [1.165, 1.54) is 11.3 Å². The van der Waals surface area contributed by atoms with Crippen LogP contribution in [-0.4, -0.2) is 16.8 Å². The SMILES string of the molecule is Cc1ccc(CNC(=O)c2ccc(C)c(NC(=O)c3ncoc3C)c2)s1. The highest BCUT2D eigenvalue weighted by Crippen LogP contribution is 2.19. The zero-order chi connectivity index (χ0) is 18.7. The number of amides is 2. The minimum atomic E-state index is -0.369. The average molecular weight is 369 g/mol. The van der Waals surface area contributed by atoms with E-state index in [0.717, 1.165) is 10.4 Å². The minimum Gasteiger partial charge on any atom is -0.448 e. The summed E-state index contributed by atoms with van der Waals surface area (Å²) in [4.78, 5) is 30.9. The van der Waals surface area contributed by atoms with Crippen molar-refractivity contribution < 1.29 is 14.0 Å². The van der Waals surface area contributed by atoms with Gasteiger partial charge in [0.1, 0.15) is 5.76 Å². The molecule has 7 heteroatoms. The van der Waals surface area contributed by atoms with Crippen molar-refractivity contribution >= 4 is 28.8 Å². The van der Waals surface area contributed by atoms with Gasteiger partial charge in [0.25, 0.3) is 11.8 Å². The molecule has 0 atom stereocenters. The number of carbonyl (C=O) groups excluding carboxylic acids is 2. The third-order valence-electron chi connectivity index (χ3n) is 3.93. The molecule has 2 aromatic heterocycles. The van der Waals surface area contributed by atoms with Crippen LogP contribution in [0.5, 0.6) is 0 Å². The van der Waals surface area contributed by atoms with Crippen LogP contribution >= 0.6 is 11.3 Å². The number of anilines is 1. The molecular formula is C19H19N3O3S. The number of hydrogen-bond acceptors (Lipinski definition) is 5. The standard InChI is InChI=1S/C19H19N3O3S/c1-11-4-6-14(18(23)20-9-15-7-5-12(2)26-15)8-16(11)22-19(24)17-13(3)25-10-21-17/h4-8,10H,9H2,1-3H3,(H,20,23)(H,22,24). The molecule has 0 fully saturated rings. The van der Waals surface area contributed by atoms with Crippen molar-refractivity contribution in [1.82, 2.24) is 10.3 Å². The number of aryl methyl sites for hydroxylation is 3. The summed E-state index contributed by atoms with van der Waals surface area (Å²) in [5.41, 5.74) is 2.13. The molecule has 2 N–H and O–H groups in total. The predicted molar refractivity (Wildman–Crippen MR) is 101 cm³/mol. The van der Waals surface area contributed by atoms with Crippen LogP contribution in [0.15, 0.2) is 41.1 Å². The summed E-state index contributed by atoms with van der Waals surface area (Å²) < 4.78 is 5.06. The molecule has 0 saturated heterocycles. The van der Waals surface area contributed by atoms with E-state index in [1.807, 2.05) is 26.0 Å². The summed E-state index contributed by atoms with van der Waals surface area (Å²) in [6, 6.07) is 9.23. The van der Waals surface area contributed by atoms with Crippen molar-refractivity contribution in [3.05, 3.63) is 69.1 Å². The summed E-state index contributed by atoms with van der Waals surface area (Å²) in [5.74, 6) is -0.115. The van der Waals surface area contributed by atoms with E-state index in [9.17, 15) is 9.59 Å². The molecule has 0 unspecified atom stereocenters. The normalized spacial score (nSPS) is 10.6. The van der Waals surface area contributed by atoms with Crippen molar-refractivity contribution in [1.29, 1.82) is 0 Å². The summed E-state index contributed by atoms with van der Waals surface area (Å²) in [7, 11) is 0. The molecule has 2 amide bonds. The van der Waals surface area contributed by atoms with Gasteiger partial charge < -0.3 is 15.1 Å². The number of aromatic nitrogens is 1. The Balaban J connectivity index is 1.71. The molecule has 0 aliphatic heterocycles. The smallest absolute Gasteiger partial charge is 0.277 e. The van der Waals surface area contributed by atoms with E-state index in [4.69, 9.17) is 4.42 Å². The van der Waals surface area contributed by atoms with Crippen molar-refractivity contribution in [2.75, 3.05) is 5.32 Å². The maximum Gasteiger partial charge on any atom is 0.277 e. The number of nitrogens with zero attached hydrogens (tertiary/aromatic N) is 1. The zero-order valence-electron chi connectivity index (χ0n) is 14.8. The van der Waals surface area contributed by atoms with Gasteiger partial charge in [-0.15, -0.1) is 11.3 Å². The van der Waals surface area contributed by atoms with Gasteiger partial charge in [-0.05, 0) is 50.6 Å². The summed E-state index contributed by atoms with van der Waals surface area (Å²) in [5, 5.41) is 5.68. The highest BCUT2D eigenvalue weighted by atomic mass is 32.1. The lowest BCUT2D eigenvalue weighted by molar-refractivity contribution is 0.0949. The maximum atomic E-state index is 12.4. The lowest BCUT2D eigenvalue weighted by Gasteiger charge is -2.10. The Morgan fingerprint density at radius 1 is 1.12 bits per heavy atom. The Kier molecular flexibility index (Phi) is 5.18. The van der Waals surface area contributed by atoms with E-state index in [0.29, 0.717) is 23.6 Å². The highest BCUT2D eigenvalue weighted by molar-refractivity contribution is 7.11. The molecule has 0 saturated carbocycles. The van der Waals surface area contributed by atoms with E-state index < -0.39 is 0 Å². The van der Waals surface area contributed by atoms with Crippen LogP contribution in [0.2, 0.25) is 0 Å². The second kappa shape index (κ2) is 7.53. The number of carbonyl (C=O) groups is 2. The molecular weight excluding hydrogens is 350 g/mol. The molecule has 0 radical (unpaired) electrons. The first-order chi connectivity index (χ1) is 12.4. The van der Waals surface area contributed by atoms with E-state index in [2.05, 4.69) is 15.6 Å². The van der Waals surface area contributed by atoms with Gasteiger partial charge in [0.2, 0.25) is 0 Å². The monoisotopic (exact) mass is 369 g/mol. The van der Waals surface area contributed by atoms with Crippen molar-refractivity contribution in [2.45, 2.75) is 27.3 Å². The lowest BCUT2D eigenvalue weighted by atomic mass is 10.1. The Bertz CT molecular complexity index is 959. The number of benzene rings is 1. The van der Waals surface area contributed by atoms with Gasteiger partial charge in [0, 0.05) is 21.0 Å². The number of rotatable bonds is 5. The Hall–Kier alpha value is -2.93. The average Bonchev–Trinajstić information content (AvgIpc) is 3.22. The Labute approximate surface area is 155 Å². The topological polar surface area (TPSA) is 84.2 Å². The number of thiophene rings is 1.